The van der Waals surface area contributed by atoms with Crippen LogP contribution in [0.25, 0.3) is 21.8 Å². The fourth-order valence-corrected chi connectivity index (χ4v) is 9.48. The van der Waals surface area contributed by atoms with Crippen molar-refractivity contribution in [1.29, 1.82) is 0 Å². The number of nitrogens with zero attached hydrogens (tertiary/aromatic N) is 6. The SMILES string of the molecule is O=C(CCCCCCCCCCCCC(=O)OCN1CCN(c2cc3c(cc2F)c(=O)c(C(=O)O)cn3C2CC2)CC1)OCN1CCN(c2cc3c(cc2F)c(=O)c(C(=O)O)cn3C2CC2)CC1. The molecular formula is C50H62F2N6O10. The zero-order valence-corrected chi connectivity index (χ0v) is 38.6. The molecule has 2 aromatic carbocycles. The molecule has 2 aromatic heterocycles. The Labute approximate surface area is 393 Å². The van der Waals surface area contributed by atoms with Gasteiger partial charge in [-0.25, -0.2) is 18.4 Å². The van der Waals surface area contributed by atoms with Crippen molar-refractivity contribution in [3.8, 4) is 0 Å². The van der Waals surface area contributed by atoms with Gasteiger partial charge in [-0.15, -0.1) is 0 Å². The summed E-state index contributed by atoms with van der Waals surface area (Å²) in [5, 5.41) is 19.2. The minimum Gasteiger partial charge on any atom is -0.477 e. The topological polar surface area (TPSA) is 184 Å². The summed E-state index contributed by atoms with van der Waals surface area (Å²) in [4.78, 5) is 81.7. The van der Waals surface area contributed by atoms with Crippen molar-refractivity contribution in [2.75, 3.05) is 75.6 Å². The van der Waals surface area contributed by atoms with Crippen molar-refractivity contribution in [3.63, 3.8) is 0 Å². The number of benzene rings is 2. The number of fused-ring (bicyclic) bond motifs is 2. The van der Waals surface area contributed by atoms with Crippen LogP contribution in [0.3, 0.4) is 0 Å². The van der Waals surface area contributed by atoms with E-state index < -0.39 is 34.4 Å². The zero-order valence-electron chi connectivity index (χ0n) is 38.6. The number of ether oxygens (including phenoxy) is 2. The maximum absolute atomic E-state index is 15.3. The van der Waals surface area contributed by atoms with Gasteiger partial charge >= 0.3 is 23.9 Å². The van der Waals surface area contributed by atoms with Gasteiger partial charge < -0.3 is 38.6 Å². The lowest BCUT2D eigenvalue weighted by atomic mass is 10.1. The second-order valence-electron chi connectivity index (χ2n) is 18.8. The summed E-state index contributed by atoms with van der Waals surface area (Å²) in [5.74, 6) is -4.24. The third kappa shape index (κ3) is 11.9. The summed E-state index contributed by atoms with van der Waals surface area (Å²) in [6.07, 6.45) is 17.0. The Morgan fingerprint density at radius 2 is 0.853 bits per heavy atom. The van der Waals surface area contributed by atoms with E-state index in [-0.39, 0.29) is 59.4 Å². The molecule has 2 aliphatic carbocycles. The fraction of sp³-hybridized carbons (Fsp3) is 0.560. The highest BCUT2D eigenvalue weighted by atomic mass is 19.1. The van der Waals surface area contributed by atoms with Gasteiger partial charge in [0.1, 0.15) is 36.2 Å². The Bertz CT molecular complexity index is 2450. The second kappa shape index (κ2) is 22.0. The molecule has 2 N–H and O–H groups in total. The standard InChI is InChI=1S/C50H62F2N6O10/c51-39-25-35-41(57(33-13-14-33)29-37(47(35)61)49(63)64)27-43(39)55-21-17-53(18-22-55)31-67-45(59)11-9-7-5-3-1-2-4-6-8-10-12-46(60)68-32-54-19-23-56(24-20-54)44-28-42-36(26-40(44)52)48(62)38(50(65)66)30-58(42)34-15-16-34/h25-30,33-34H,1-24,31-32H2,(H,63,64)(H,65,66). The van der Waals surface area contributed by atoms with E-state index in [9.17, 15) is 39.0 Å². The molecule has 68 heavy (non-hydrogen) atoms. The number of carboxylic acid groups (broad SMARTS) is 2. The Hall–Kier alpha value is -5.88. The number of anilines is 2. The summed E-state index contributed by atoms with van der Waals surface area (Å²) in [5.41, 5.74) is -0.262. The number of pyridine rings is 2. The minimum absolute atomic E-state index is 0.0706. The highest BCUT2D eigenvalue weighted by Gasteiger charge is 2.31. The highest BCUT2D eigenvalue weighted by Crippen LogP contribution is 2.39. The van der Waals surface area contributed by atoms with Crippen molar-refractivity contribution in [1.82, 2.24) is 18.9 Å². The normalized spacial score (nSPS) is 17.0. The molecule has 366 valence electrons. The minimum atomic E-state index is -1.32. The number of aromatic carboxylic acids is 2. The molecule has 2 aliphatic heterocycles. The Balaban J connectivity index is 0.627. The van der Waals surface area contributed by atoms with Gasteiger partial charge in [0.15, 0.2) is 0 Å². The molecule has 0 amide bonds. The number of rotatable bonds is 23. The molecule has 4 aliphatic rings. The lowest BCUT2D eigenvalue weighted by molar-refractivity contribution is -0.149. The predicted octanol–water partition coefficient (Wildman–Crippen LogP) is 7.29. The van der Waals surface area contributed by atoms with Crippen LogP contribution in [0.2, 0.25) is 0 Å². The van der Waals surface area contributed by atoms with Gasteiger partial charge in [-0.05, 0) is 62.8 Å². The van der Waals surface area contributed by atoms with Gasteiger partial charge in [-0.2, -0.15) is 0 Å². The smallest absolute Gasteiger partial charge is 0.341 e. The summed E-state index contributed by atoms with van der Waals surface area (Å²) in [6.45, 7) is 4.68. The number of hydrogen-bond acceptors (Lipinski definition) is 12. The number of halogens is 2. The Morgan fingerprint density at radius 1 is 0.515 bits per heavy atom. The summed E-state index contributed by atoms with van der Waals surface area (Å²) < 4.78 is 45.4. The highest BCUT2D eigenvalue weighted by molar-refractivity contribution is 5.94. The first kappa shape index (κ1) is 48.6. The van der Waals surface area contributed by atoms with Crippen molar-refractivity contribution in [2.45, 2.75) is 115 Å². The third-order valence-electron chi connectivity index (χ3n) is 13.8. The van der Waals surface area contributed by atoms with E-state index in [1.165, 1.54) is 12.4 Å². The molecule has 16 nitrogen and oxygen atoms in total. The molecule has 0 atom stereocenters. The van der Waals surface area contributed by atoms with Gasteiger partial charge in [0, 0.05) is 100 Å². The van der Waals surface area contributed by atoms with Gasteiger partial charge in [0.05, 0.1) is 22.4 Å². The molecule has 0 radical (unpaired) electrons. The van der Waals surface area contributed by atoms with E-state index in [0.29, 0.717) is 87.6 Å². The summed E-state index contributed by atoms with van der Waals surface area (Å²) in [7, 11) is 0. The Morgan fingerprint density at radius 3 is 1.18 bits per heavy atom. The van der Waals surface area contributed by atoms with Crippen molar-refractivity contribution in [2.24, 2.45) is 0 Å². The van der Waals surface area contributed by atoms with Crippen molar-refractivity contribution >= 4 is 57.1 Å². The lowest BCUT2D eigenvalue weighted by Gasteiger charge is -2.36. The first-order valence-electron chi connectivity index (χ1n) is 24.4. The number of hydrogen-bond donors (Lipinski definition) is 2. The molecule has 18 heteroatoms. The van der Waals surface area contributed by atoms with Crippen LogP contribution in [0.15, 0.2) is 46.2 Å². The van der Waals surface area contributed by atoms with Crippen LogP contribution in [0.1, 0.15) is 136 Å². The first-order valence-corrected chi connectivity index (χ1v) is 24.4. The van der Waals surface area contributed by atoms with Crippen LogP contribution < -0.4 is 20.7 Å². The van der Waals surface area contributed by atoms with Crippen LogP contribution in [-0.2, 0) is 19.1 Å². The number of piperazine rings is 2. The van der Waals surface area contributed by atoms with E-state index in [1.54, 1.807) is 21.3 Å². The number of carbonyl (C=O) groups excluding carboxylic acids is 2. The maximum atomic E-state index is 15.3. The van der Waals surface area contributed by atoms with Crippen molar-refractivity contribution in [3.05, 3.63) is 79.9 Å². The van der Waals surface area contributed by atoms with E-state index >= 15 is 8.78 Å². The van der Waals surface area contributed by atoms with Crippen LogP contribution in [0.4, 0.5) is 20.2 Å². The van der Waals surface area contributed by atoms with Gasteiger partial charge in [-0.1, -0.05) is 51.4 Å². The summed E-state index contributed by atoms with van der Waals surface area (Å²) in [6, 6.07) is 5.83. The van der Waals surface area contributed by atoms with E-state index in [4.69, 9.17) is 9.47 Å². The zero-order chi connectivity index (χ0) is 47.9. The molecule has 2 saturated carbocycles. The molecule has 8 rings (SSSR count). The van der Waals surface area contributed by atoms with Crippen LogP contribution in [0, 0.1) is 11.6 Å². The van der Waals surface area contributed by atoms with E-state index in [1.807, 2.05) is 19.6 Å². The quantitative estimate of drug-likeness (QED) is 0.0558. The number of unbranched alkanes of at least 4 members (excludes halogenated alkanes) is 9. The average Bonchev–Trinajstić information content (AvgIpc) is 4.27. The number of carbonyl (C=O) groups is 4. The summed E-state index contributed by atoms with van der Waals surface area (Å²) >= 11 is 0. The van der Waals surface area contributed by atoms with Gasteiger partial charge in [0.25, 0.3) is 0 Å². The molecule has 0 bridgehead atoms. The molecular weight excluding hydrogens is 883 g/mol. The molecule has 2 saturated heterocycles. The monoisotopic (exact) mass is 944 g/mol. The lowest BCUT2D eigenvalue weighted by Crippen LogP contribution is -2.47. The van der Waals surface area contributed by atoms with Crippen LogP contribution in [0.5, 0.6) is 0 Å². The number of esters is 2. The Kier molecular flexibility index (Phi) is 15.7. The van der Waals surface area contributed by atoms with E-state index in [2.05, 4.69) is 0 Å². The van der Waals surface area contributed by atoms with Crippen molar-refractivity contribution < 1.29 is 47.6 Å². The van der Waals surface area contributed by atoms with E-state index in [0.717, 1.165) is 102 Å². The van der Waals surface area contributed by atoms with Gasteiger partial charge in [0.2, 0.25) is 10.9 Å². The number of carboxylic acids is 2. The maximum Gasteiger partial charge on any atom is 0.341 e. The molecule has 4 fully saturated rings. The molecule has 0 spiro atoms. The average molecular weight is 945 g/mol. The van der Waals surface area contributed by atoms with Crippen LogP contribution >= 0.6 is 0 Å². The fourth-order valence-electron chi connectivity index (χ4n) is 9.48. The largest absolute Gasteiger partial charge is 0.477 e. The third-order valence-corrected chi connectivity index (χ3v) is 13.8. The second-order valence-corrected chi connectivity index (χ2v) is 18.8. The molecule has 4 aromatic rings. The number of aromatic nitrogens is 2. The predicted molar refractivity (Wildman–Crippen MR) is 252 cm³/mol. The van der Waals surface area contributed by atoms with Gasteiger partial charge in [-0.3, -0.25) is 29.0 Å². The van der Waals surface area contributed by atoms with Crippen LogP contribution in [-0.4, -0.2) is 119 Å². The first-order chi connectivity index (χ1) is 32.9. The molecule has 0 unspecified atom stereocenters. The molecule has 4 heterocycles.